The zero-order valence-electron chi connectivity index (χ0n) is 16.3. The van der Waals surface area contributed by atoms with Crippen LogP contribution in [0.25, 0.3) is 0 Å². The van der Waals surface area contributed by atoms with E-state index in [1.165, 1.54) is 31.2 Å². The molecule has 1 aliphatic rings. The number of anilines is 1. The van der Waals surface area contributed by atoms with E-state index in [4.69, 9.17) is 0 Å². The van der Waals surface area contributed by atoms with Gasteiger partial charge in [0.05, 0.1) is 0 Å². The number of pyridine rings is 1. The van der Waals surface area contributed by atoms with Crippen molar-refractivity contribution >= 4 is 35.8 Å². The third-order valence-corrected chi connectivity index (χ3v) is 4.67. The van der Waals surface area contributed by atoms with Gasteiger partial charge in [-0.05, 0) is 43.4 Å². The Morgan fingerprint density at radius 3 is 2.73 bits per heavy atom. The maximum absolute atomic E-state index is 4.59. The van der Waals surface area contributed by atoms with Crippen molar-refractivity contribution in [3.05, 3.63) is 36.5 Å². The maximum Gasteiger partial charge on any atom is 0.193 e. The fourth-order valence-electron chi connectivity index (χ4n) is 3.19. The van der Waals surface area contributed by atoms with Crippen LogP contribution in [0.5, 0.6) is 0 Å². The number of allylic oxidation sites excluding steroid dienone is 1. The number of hydrogen-bond acceptors (Lipinski definition) is 3. The van der Waals surface area contributed by atoms with Crippen LogP contribution in [0.1, 0.15) is 44.1 Å². The number of nitrogens with one attached hydrogen (secondary N) is 1. The van der Waals surface area contributed by atoms with Crippen molar-refractivity contribution in [2.24, 2.45) is 4.99 Å². The molecule has 1 saturated heterocycles. The molecule has 1 N–H and O–H groups in total. The number of nitrogens with zero attached hydrogens (tertiary/aromatic N) is 4. The molecule has 1 fully saturated rings. The molecule has 0 unspecified atom stereocenters. The molecule has 2 rings (SSSR count). The second kappa shape index (κ2) is 12.9. The topological polar surface area (TPSA) is 43.8 Å². The zero-order chi connectivity index (χ0) is 17.9. The molecule has 26 heavy (non-hydrogen) atoms. The lowest BCUT2D eigenvalue weighted by Crippen LogP contribution is -2.39. The van der Waals surface area contributed by atoms with Gasteiger partial charge < -0.3 is 15.1 Å². The number of guanidine groups is 1. The highest BCUT2D eigenvalue weighted by atomic mass is 127. The summed E-state index contributed by atoms with van der Waals surface area (Å²) >= 11 is 0. The van der Waals surface area contributed by atoms with Crippen molar-refractivity contribution in [2.75, 3.05) is 38.6 Å². The van der Waals surface area contributed by atoms with E-state index in [1.54, 1.807) is 0 Å². The Hall–Kier alpha value is -1.31. The average Bonchev–Trinajstić information content (AvgIpc) is 2.92. The molecule has 0 atom stereocenters. The molecule has 0 saturated carbocycles. The van der Waals surface area contributed by atoms with Crippen LogP contribution < -0.4 is 10.2 Å². The summed E-state index contributed by atoms with van der Waals surface area (Å²) in [5.74, 6) is 2.03. The molecule has 0 aliphatic carbocycles. The van der Waals surface area contributed by atoms with Crippen LogP contribution in [0.15, 0.2) is 36.0 Å². The Bertz CT molecular complexity index is 553. The molecule has 0 amide bonds. The first-order valence-electron chi connectivity index (χ1n) is 9.47. The van der Waals surface area contributed by atoms with E-state index >= 15 is 0 Å². The van der Waals surface area contributed by atoms with Gasteiger partial charge in [-0.1, -0.05) is 18.9 Å². The Morgan fingerprint density at radius 2 is 2.08 bits per heavy atom. The molecule has 0 radical (unpaired) electrons. The number of hydrogen-bond donors (Lipinski definition) is 1. The molecule has 0 spiro atoms. The lowest BCUT2D eigenvalue weighted by Gasteiger charge is -2.23. The van der Waals surface area contributed by atoms with Gasteiger partial charge in [-0.15, -0.1) is 30.6 Å². The predicted molar refractivity (Wildman–Crippen MR) is 123 cm³/mol. The van der Waals surface area contributed by atoms with Crippen LogP contribution in [0.2, 0.25) is 0 Å². The number of rotatable bonds is 7. The van der Waals surface area contributed by atoms with E-state index in [9.17, 15) is 0 Å². The predicted octanol–water partition coefficient (Wildman–Crippen LogP) is 4.05. The van der Waals surface area contributed by atoms with Crippen LogP contribution in [0, 0.1) is 0 Å². The van der Waals surface area contributed by atoms with Gasteiger partial charge in [0.1, 0.15) is 5.82 Å². The van der Waals surface area contributed by atoms with Crippen LogP contribution in [0.3, 0.4) is 0 Å². The van der Waals surface area contributed by atoms with Gasteiger partial charge >= 0.3 is 0 Å². The largest absolute Gasteiger partial charge is 0.357 e. The molecule has 1 aliphatic heterocycles. The van der Waals surface area contributed by atoms with Crippen LogP contribution in [-0.2, 0) is 6.54 Å². The van der Waals surface area contributed by atoms with E-state index in [0.29, 0.717) is 0 Å². The summed E-state index contributed by atoms with van der Waals surface area (Å²) in [6, 6.07) is 4.29. The van der Waals surface area contributed by atoms with E-state index < -0.39 is 0 Å². The molecule has 0 bridgehead atoms. The van der Waals surface area contributed by atoms with Gasteiger partial charge in [-0.25, -0.2) is 4.98 Å². The second-order valence-corrected chi connectivity index (χ2v) is 6.68. The SMILES string of the molecule is C=CCCCN(C)C(=NC)NCc1ccnc(N2CCCCCC2)c1.I. The maximum atomic E-state index is 4.59. The Kier molecular flexibility index (Phi) is 11.3. The normalized spacial score (nSPS) is 15.0. The van der Waals surface area contributed by atoms with E-state index in [1.807, 2.05) is 19.3 Å². The number of unbranched alkanes of at least 4 members (excludes halogenated alkanes) is 1. The van der Waals surface area contributed by atoms with Crippen molar-refractivity contribution in [2.45, 2.75) is 45.1 Å². The first kappa shape index (κ1) is 22.7. The quantitative estimate of drug-likeness (QED) is 0.214. The molecule has 1 aromatic rings. The lowest BCUT2D eigenvalue weighted by atomic mass is 10.2. The Balaban J connectivity index is 0.00000338. The van der Waals surface area contributed by atoms with E-state index in [2.05, 4.69) is 50.9 Å². The molecule has 1 aromatic heterocycles. The molecule has 5 nitrogen and oxygen atoms in total. The van der Waals surface area contributed by atoms with Gasteiger partial charge in [0.15, 0.2) is 5.96 Å². The number of halogens is 1. The summed E-state index contributed by atoms with van der Waals surface area (Å²) in [6.07, 6.45) is 11.2. The smallest absolute Gasteiger partial charge is 0.193 e. The summed E-state index contributed by atoms with van der Waals surface area (Å²) in [4.78, 5) is 13.6. The van der Waals surface area contributed by atoms with Gasteiger partial charge in [0, 0.05) is 46.5 Å². The summed E-state index contributed by atoms with van der Waals surface area (Å²) in [5, 5.41) is 3.46. The lowest BCUT2D eigenvalue weighted by molar-refractivity contribution is 0.470. The van der Waals surface area contributed by atoms with Crippen molar-refractivity contribution in [1.82, 2.24) is 15.2 Å². The van der Waals surface area contributed by atoms with Gasteiger partial charge in [-0.3, -0.25) is 4.99 Å². The number of aromatic nitrogens is 1. The van der Waals surface area contributed by atoms with Crippen LogP contribution in [0.4, 0.5) is 5.82 Å². The number of aliphatic imine (C=N–C) groups is 1. The van der Waals surface area contributed by atoms with Crippen molar-refractivity contribution in [3.63, 3.8) is 0 Å². The third-order valence-electron chi connectivity index (χ3n) is 4.67. The minimum Gasteiger partial charge on any atom is -0.357 e. The van der Waals surface area contributed by atoms with Crippen molar-refractivity contribution < 1.29 is 0 Å². The summed E-state index contributed by atoms with van der Waals surface area (Å²) in [6.45, 7) is 7.76. The minimum atomic E-state index is 0. The fraction of sp³-hybridized carbons (Fsp3) is 0.600. The van der Waals surface area contributed by atoms with E-state index in [-0.39, 0.29) is 24.0 Å². The monoisotopic (exact) mass is 471 g/mol. The van der Waals surface area contributed by atoms with Gasteiger partial charge in [0.25, 0.3) is 0 Å². The first-order valence-corrected chi connectivity index (χ1v) is 9.47. The zero-order valence-corrected chi connectivity index (χ0v) is 18.6. The molecular formula is C20H34IN5. The Labute approximate surface area is 176 Å². The van der Waals surface area contributed by atoms with Gasteiger partial charge in [-0.2, -0.15) is 0 Å². The Morgan fingerprint density at radius 1 is 1.35 bits per heavy atom. The summed E-state index contributed by atoms with van der Waals surface area (Å²) in [7, 11) is 3.91. The molecule has 2 heterocycles. The fourth-order valence-corrected chi connectivity index (χ4v) is 3.19. The molecule has 0 aromatic carbocycles. The summed E-state index contributed by atoms with van der Waals surface area (Å²) in [5.41, 5.74) is 1.25. The van der Waals surface area contributed by atoms with Crippen LogP contribution >= 0.6 is 24.0 Å². The van der Waals surface area contributed by atoms with E-state index in [0.717, 1.165) is 50.8 Å². The average molecular weight is 471 g/mol. The van der Waals surface area contributed by atoms with Crippen molar-refractivity contribution in [3.8, 4) is 0 Å². The minimum absolute atomic E-state index is 0. The highest BCUT2D eigenvalue weighted by Crippen LogP contribution is 2.18. The third kappa shape index (κ3) is 7.51. The molecule has 146 valence electrons. The standard InChI is InChI=1S/C20H33N5.HI/c1-4-5-8-13-24(3)20(21-2)23-17-18-11-12-22-19(16-18)25-14-9-6-7-10-15-25;/h4,11-12,16H,1,5-10,13-15,17H2,2-3H3,(H,21,23);1H. The molecular weight excluding hydrogens is 437 g/mol. The second-order valence-electron chi connectivity index (χ2n) is 6.68. The highest BCUT2D eigenvalue weighted by molar-refractivity contribution is 14.0. The van der Waals surface area contributed by atoms with Crippen molar-refractivity contribution in [1.29, 1.82) is 0 Å². The molecule has 6 heteroatoms. The summed E-state index contributed by atoms with van der Waals surface area (Å²) < 4.78 is 0. The highest BCUT2D eigenvalue weighted by Gasteiger charge is 2.12. The van der Waals surface area contributed by atoms with Gasteiger partial charge in [0.2, 0.25) is 0 Å². The van der Waals surface area contributed by atoms with Crippen LogP contribution in [-0.4, -0.2) is 49.6 Å². The first-order chi connectivity index (χ1) is 12.2.